The van der Waals surface area contributed by atoms with Crippen LogP contribution in [-0.4, -0.2) is 109 Å². The standard InChI is InChI=1S/C30H51NO9/c1-11-22-28(6)14-20(15-35-10)30(39-28)16(2)13-29(7,40-30)25(18(4)23(32)19(5)26(34)37-22)38-27-24(33)21(31(8)9)12-17(3)36-27/h14,16-19,21-25,27,32-33H,11-13,15H2,1-10H3/t16-,17-,18+,19-,21+,22-,23+,24-,25-,27+,28?,29-,30?/m1/s1. The van der Waals surface area contributed by atoms with Crippen molar-refractivity contribution >= 4 is 5.97 Å². The number of methoxy groups -OCH3 is 1. The van der Waals surface area contributed by atoms with Crippen LogP contribution in [0.25, 0.3) is 0 Å². The quantitative estimate of drug-likeness (QED) is 0.365. The molecule has 10 heteroatoms. The number of ether oxygens (including phenoxy) is 6. The van der Waals surface area contributed by atoms with E-state index >= 15 is 0 Å². The molecule has 230 valence electrons. The summed E-state index contributed by atoms with van der Waals surface area (Å²) in [5.74, 6) is -3.17. The molecule has 2 N–H and O–H groups in total. The summed E-state index contributed by atoms with van der Waals surface area (Å²) in [6.45, 7) is 13.6. The van der Waals surface area contributed by atoms with Gasteiger partial charge < -0.3 is 43.5 Å². The van der Waals surface area contributed by atoms with Crippen molar-refractivity contribution in [2.24, 2.45) is 17.8 Å². The van der Waals surface area contributed by atoms with Crippen molar-refractivity contribution in [1.29, 1.82) is 0 Å². The van der Waals surface area contributed by atoms with E-state index in [0.717, 1.165) is 5.57 Å². The first kappa shape index (κ1) is 31.8. The Labute approximate surface area is 239 Å². The number of esters is 1. The second-order valence-electron chi connectivity index (χ2n) is 13.2. The van der Waals surface area contributed by atoms with E-state index in [2.05, 4.69) is 6.92 Å². The maximum Gasteiger partial charge on any atom is 0.311 e. The number of carbonyl (C=O) groups excluding carboxylic acids is 1. The van der Waals surface area contributed by atoms with E-state index in [1.54, 1.807) is 14.0 Å². The third kappa shape index (κ3) is 5.39. The van der Waals surface area contributed by atoms with E-state index in [1.807, 2.05) is 59.7 Å². The number of rotatable bonds is 6. The zero-order chi connectivity index (χ0) is 29.8. The highest BCUT2D eigenvalue weighted by Crippen LogP contribution is 2.56. The lowest BCUT2D eigenvalue weighted by Crippen LogP contribution is -2.59. The van der Waals surface area contributed by atoms with Crippen LogP contribution in [0, 0.1) is 17.8 Å². The molecule has 4 aliphatic rings. The maximum atomic E-state index is 13.4. The van der Waals surface area contributed by atoms with E-state index in [1.165, 1.54) is 0 Å². The molecule has 0 radical (unpaired) electrons. The fourth-order valence-electron chi connectivity index (χ4n) is 7.48. The van der Waals surface area contributed by atoms with Crippen LogP contribution >= 0.6 is 0 Å². The Balaban J connectivity index is 1.80. The number of nitrogens with zero attached hydrogens (tertiary/aromatic N) is 1. The van der Waals surface area contributed by atoms with Gasteiger partial charge in [0.15, 0.2) is 12.1 Å². The minimum atomic E-state index is -1.14. The maximum absolute atomic E-state index is 13.4. The van der Waals surface area contributed by atoms with Gasteiger partial charge in [-0.15, -0.1) is 0 Å². The van der Waals surface area contributed by atoms with Gasteiger partial charge in [-0.2, -0.15) is 0 Å². The summed E-state index contributed by atoms with van der Waals surface area (Å²) >= 11 is 0. The Bertz CT molecular complexity index is 959. The number of hydrogen-bond donors (Lipinski definition) is 2. The Morgan fingerprint density at radius 1 is 1.10 bits per heavy atom. The minimum Gasteiger partial charge on any atom is -0.459 e. The zero-order valence-corrected chi connectivity index (χ0v) is 25.9. The smallest absolute Gasteiger partial charge is 0.311 e. The van der Waals surface area contributed by atoms with E-state index in [4.69, 9.17) is 28.4 Å². The van der Waals surface area contributed by atoms with Gasteiger partial charge in [0.2, 0.25) is 0 Å². The van der Waals surface area contributed by atoms with Gasteiger partial charge in [0.05, 0.1) is 36.4 Å². The van der Waals surface area contributed by atoms with Gasteiger partial charge in [-0.1, -0.05) is 20.8 Å². The van der Waals surface area contributed by atoms with Crippen molar-refractivity contribution in [3.05, 3.63) is 11.6 Å². The van der Waals surface area contributed by atoms with Gasteiger partial charge in [0.1, 0.15) is 17.8 Å². The summed E-state index contributed by atoms with van der Waals surface area (Å²) in [6, 6.07) is -0.169. The molecule has 10 nitrogen and oxygen atoms in total. The summed E-state index contributed by atoms with van der Waals surface area (Å²) < 4.78 is 38.3. The fraction of sp³-hybridized carbons (Fsp3) is 0.900. The first-order valence-corrected chi connectivity index (χ1v) is 14.8. The average Bonchev–Trinajstić information content (AvgIpc) is 3.32. The normalized spacial score (nSPS) is 49.8. The van der Waals surface area contributed by atoms with E-state index in [9.17, 15) is 15.0 Å². The largest absolute Gasteiger partial charge is 0.459 e. The monoisotopic (exact) mass is 569 g/mol. The second kappa shape index (κ2) is 11.5. The molecule has 0 aromatic rings. The van der Waals surface area contributed by atoms with E-state index < -0.39 is 65.5 Å². The molecule has 3 saturated heterocycles. The molecule has 0 amide bonds. The van der Waals surface area contributed by atoms with Gasteiger partial charge >= 0.3 is 5.97 Å². The van der Waals surface area contributed by atoms with Crippen molar-refractivity contribution in [1.82, 2.24) is 4.90 Å². The Hall–Kier alpha value is -1.11. The molecular weight excluding hydrogens is 518 g/mol. The summed E-state index contributed by atoms with van der Waals surface area (Å²) in [5, 5.41) is 22.9. The topological polar surface area (TPSA) is 116 Å². The van der Waals surface area contributed by atoms with Crippen LogP contribution in [0.15, 0.2) is 11.6 Å². The molecule has 4 rings (SSSR count). The lowest BCUT2D eigenvalue weighted by atomic mass is 9.78. The van der Waals surface area contributed by atoms with Crippen LogP contribution in [0.2, 0.25) is 0 Å². The highest BCUT2D eigenvalue weighted by molar-refractivity contribution is 5.73. The molecule has 0 saturated carbocycles. The summed E-state index contributed by atoms with van der Waals surface area (Å²) in [7, 11) is 5.48. The number of likely N-dealkylation sites (N-methyl/N-ethyl adjacent to an activating group) is 1. The van der Waals surface area contributed by atoms with Gasteiger partial charge in [-0.05, 0) is 67.1 Å². The third-order valence-corrected chi connectivity index (χ3v) is 9.65. The van der Waals surface area contributed by atoms with Gasteiger partial charge in [-0.25, -0.2) is 0 Å². The molecule has 0 aromatic heterocycles. The van der Waals surface area contributed by atoms with E-state index in [0.29, 0.717) is 19.3 Å². The van der Waals surface area contributed by atoms with Gasteiger partial charge in [0.25, 0.3) is 0 Å². The first-order chi connectivity index (χ1) is 18.6. The molecule has 0 aromatic carbocycles. The van der Waals surface area contributed by atoms with Gasteiger partial charge in [0, 0.05) is 30.6 Å². The van der Waals surface area contributed by atoms with Crippen LogP contribution in [0.3, 0.4) is 0 Å². The summed E-state index contributed by atoms with van der Waals surface area (Å²) in [5.41, 5.74) is -1.08. The van der Waals surface area contributed by atoms with Crippen molar-refractivity contribution in [3.8, 4) is 0 Å². The predicted molar refractivity (Wildman–Crippen MR) is 147 cm³/mol. The summed E-state index contributed by atoms with van der Waals surface area (Å²) in [6.07, 6.45) is -0.753. The number of aliphatic hydroxyl groups is 2. The van der Waals surface area contributed by atoms with Crippen molar-refractivity contribution in [3.63, 3.8) is 0 Å². The number of fused-ring (bicyclic) bond motifs is 2. The minimum absolute atomic E-state index is 0.117. The van der Waals surface area contributed by atoms with Gasteiger partial charge in [-0.3, -0.25) is 4.79 Å². The van der Waals surface area contributed by atoms with Crippen molar-refractivity contribution < 1.29 is 43.4 Å². The van der Waals surface area contributed by atoms with E-state index in [-0.39, 0.29) is 24.7 Å². The highest BCUT2D eigenvalue weighted by Gasteiger charge is 2.65. The molecule has 40 heavy (non-hydrogen) atoms. The van der Waals surface area contributed by atoms with Crippen molar-refractivity contribution in [2.45, 2.75) is 128 Å². The number of aliphatic hydroxyl groups excluding tert-OH is 2. The molecule has 2 unspecified atom stereocenters. The molecule has 3 fully saturated rings. The SMILES string of the molecule is CC[C@H]1OC(=O)[C@H](C)[C@@H](O)[C@H](C)[C@@H](O[C@@H]2O[C@H](C)C[C@H](N(C)C)[C@H]2O)[C@@]2(C)C[C@@H](C)C3(OC1(C)C=C3COC)O2. The number of hydrogen-bond acceptors (Lipinski definition) is 10. The highest BCUT2D eigenvalue weighted by atomic mass is 16.8. The molecule has 0 aliphatic carbocycles. The molecule has 4 heterocycles. The summed E-state index contributed by atoms with van der Waals surface area (Å²) in [4.78, 5) is 15.4. The zero-order valence-electron chi connectivity index (χ0n) is 25.9. The second-order valence-corrected chi connectivity index (χ2v) is 13.2. The van der Waals surface area contributed by atoms with Crippen molar-refractivity contribution in [2.75, 3.05) is 27.8 Å². The van der Waals surface area contributed by atoms with Crippen LogP contribution in [0.1, 0.15) is 67.7 Å². The van der Waals surface area contributed by atoms with Crippen LogP contribution in [0.4, 0.5) is 0 Å². The third-order valence-electron chi connectivity index (χ3n) is 9.65. The number of carbonyl (C=O) groups is 1. The lowest BCUT2D eigenvalue weighted by Gasteiger charge is -2.47. The Kier molecular flexibility index (Phi) is 9.17. The number of cyclic esters (lactones) is 1. The molecule has 3 bridgehead atoms. The molecule has 1 spiro atoms. The Morgan fingerprint density at radius 2 is 1.77 bits per heavy atom. The van der Waals surface area contributed by atoms with Crippen LogP contribution in [-0.2, 0) is 33.2 Å². The lowest BCUT2D eigenvalue weighted by molar-refractivity contribution is -0.328. The van der Waals surface area contributed by atoms with Crippen LogP contribution < -0.4 is 0 Å². The fourth-order valence-corrected chi connectivity index (χ4v) is 7.48. The first-order valence-electron chi connectivity index (χ1n) is 14.8. The molecule has 4 aliphatic heterocycles. The molecular formula is C30H51NO9. The predicted octanol–water partition coefficient (Wildman–Crippen LogP) is 2.64. The molecule has 13 atom stereocenters. The Morgan fingerprint density at radius 3 is 2.38 bits per heavy atom. The van der Waals surface area contributed by atoms with Crippen LogP contribution in [0.5, 0.6) is 0 Å². The average molecular weight is 570 g/mol.